The topological polar surface area (TPSA) is 108 Å². The van der Waals surface area contributed by atoms with Gasteiger partial charge in [-0.3, -0.25) is 9.59 Å². The van der Waals surface area contributed by atoms with Gasteiger partial charge in [-0.15, -0.1) is 0 Å². The maximum absolute atomic E-state index is 14.2. The van der Waals surface area contributed by atoms with Gasteiger partial charge in [-0.1, -0.05) is 57.2 Å². The lowest BCUT2D eigenvalue weighted by atomic mass is 9.94. The zero-order chi connectivity index (χ0) is 28.1. The van der Waals surface area contributed by atoms with Crippen molar-refractivity contribution in [1.29, 1.82) is 0 Å². The second kappa shape index (κ2) is 15.9. The van der Waals surface area contributed by atoms with Crippen LogP contribution in [0.3, 0.4) is 0 Å². The average molecular weight is 550 g/mol. The number of aromatic hydroxyl groups is 1. The van der Waals surface area contributed by atoms with E-state index >= 15 is 0 Å². The van der Waals surface area contributed by atoms with Gasteiger partial charge in [0.2, 0.25) is 11.8 Å². The molecule has 1 saturated carbocycles. The molecule has 1 aromatic carbocycles. The normalized spacial score (nSPS) is 15.8. The molecule has 1 aliphatic carbocycles. The van der Waals surface area contributed by atoms with E-state index < -0.39 is 23.8 Å². The van der Waals surface area contributed by atoms with E-state index in [1.165, 1.54) is 6.07 Å². The van der Waals surface area contributed by atoms with Crippen molar-refractivity contribution in [2.45, 2.75) is 109 Å². The number of nitrogens with one attached hydrogen (secondary N) is 2. The molecule has 2 atom stereocenters. The highest BCUT2D eigenvalue weighted by Crippen LogP contribution is 2.31. The number of phenols is 1. The first-order valence-electron chi connectivity index (χ1n) is 13.9. The molecule has 0 saturated heterocycles. The quantitative estimate of drug-likeness (QED) is 0.279. The first-order chi connectivity index (χ1) is 18.1. The van der Waals surface area contributed by atoms with Gasteiger partial charge < -0.3 is 25.4 Å². The number of carbonyl (C=O) groups is 3. The van der Waals surface area contributed by atoms with E-state index in [2.05, 4.69) is 17.6 Å². The van der Waals surface area contributed by atoms with Gasteiger partial charge >= 0.3 is 6.09 Å². The molecule has 0 spiro atoms. The smallest absolute Gasteiger partial charge is 0.408 e. The Kier molecular flexibility index (Phi) is 13.3. The summed E-state index contributed by atoms with van der Waals surface area (Å²) in [6, 6.07) is 4.85. The van der Waals surface area contributed by atoms with E-state index in [9.17, 15) is 19.5 Å². The van der Waals surface area contributed by atoms with Crippen molar-refractivity contribution in [3.8, 4) is 5.75 Å². The number of hydrogen-bond acceptors (Lipinski definition) is 6. The molecule has 0 radical (unpaired) electrons. The standard InChI is InChI=1S/C29H47N3O5S/c1-6-7-13-19-32(27(35)23(18-20-38-5)31-28(36)37-29(2,3)4)25(22-16-11-12-17-24(22)33)26(34)30-21-14-9-8-10-15-21/h11-12,16-17,21,23,25,33H,6-10,13-15,18-20H2,1-5H3,(H,30,34)(H,31,36). The maximum Gasteiger partial charge on any atom is 0.408 e. The molecule has 1 aliphatic rings. The predicted molar refractivity (Wildman–Crippen MR) is 153 cm³/mol. The van der Waals surface area contributed by atoms with Crippen molar-refractivity contribution < 1.29 is 24.2 Å². The number of unbranched alkanes of at least 4 members (excludes halogenated alkanes) is 2. The summed E-state index contributed by atoms with van der Waals surface area (Å²) in [6.07, 6.45) is 9.27. The van der Waals surface area contributed by atoms with Gasteiger partial charge in [0.15, 0.2) is 0 Å². The SMILES string of the molecule is CCCCCN(C(=O)C(CCSC)NC(=O)OC(C)(C)C)C(C(=O)NC1CCCCC1)c1ccccc1O. The lowest BCUT2D eigenvalue weighted by Gasteiger charge is -2.36. The molecular weight excluding hydrogens is 502 g/mol. The predicted octanol–water partition coefficient (Wildman–Crippen LogP) is 5.55. The number of rotatable bonds is 13. The van der Waals surface area contributed by atoms with E-state index in [1.54, 1.807) is 55.6 Å². The number of carbonyl (C=O) groups excluding carboxylic acids is 3. The lowest BCUT2D eigenvalue weighted by molar-refractivity contribution is -0.143. The molecule has 0 heterocycles. The molecule has 0 aliphatic heterocycles. The number of nitrogens with zero attached hydrogens (tertiary/aromatic N) is 1. The first kappa shape index (κ1) is 31.8. The van der Waals surface area contributed by atoms with E-state index in [1.807, 2.05) is 6.26 Å². The Morgan fingerprint density at radius 1 is 1.13 bits per heavy atom. The van der Waals surface area contributed by atoms with Crippen LogP contribution in [0.5, 0.6) is 5.75 Å². The maximum atomic E-state index is 14.2. The van der Waals surface area contributed by atoms with Crippen LogP contribution in [0.25, 0.3) is 0 Å². The molecule has 9 heteroatoms. The van der Waals surface area contributed by atoms with Crippen LogP contribution in [0.2, 0.25) is 0 Å². The van der Waals surface area contributed by atoms with Crippen LogP contribution >= 0.6 is 11.8 Å². The number of ether oxygens (including phenoxy) is 1. The third-order valence-corrected chi connectivity index (χ3v) is 7.27. The molecule has 0 bridgehead atoms. The number of hydrogen-bond donors (Lipinski definition) is 3. The summed E-state index contributed by atoms with van der Waals surface area (Å²) in [5.41, 5.74) is -0.331. The number of thioether (sulfide) groups is 1. The number of para-hydroxylation sites is 1. The Bertz CT molecular complexity index is 898. The summed E-state index contributed by atoms with van der Waals surface area (Å²) in [6.45, 7) is 7.72. The van der Waals surface area contributed by atoms with Crippen LogP contribution < -0.4 is 10.6 Å². The highest BCUT2D eigenvalue weighted by atomic mass is 32.2. The highest BCUT2D eigenvalue weighted by Gasteiger charge is 2.37. The number of benzene rings is 1. The van der Waals surface area contributed by atoms with Crippen molar-refractivity contribution in [2.75, 3.05) is 18.6 Å². The van der Waals surface area contributed by atoms with Crippen LogP contribution in [0.15, 0.2) is 24.3 Å². The number of amides is 3. The molecular formula is C29H47N3O5S. The van der Waals surface area contributed by atoms with Gasteiger partial charge in [0, 0.05) is 18.2 Å². The summed E-state index contributed by atoms with van der Waals surface area (Å²) < 4.78 is 5.44. The molecule has 1 fully saturated rings. The molecule has 8 nitrogen and oxygen atoms in total. The third-order valence-electron chi connectivity index (χ3n) is 6.63. The Balaban J connectivity index is 2.45. The van der Waals surface area contributed by atoms with Crippen molar-refractivity contribution in [3.63, 3.8) is 0 Å². The van der Waals surface area contributed by atoms with Gasteiger partial charge in [0.05, 0.1) is 0 Å². The zero-order valence-corrected chi connectivity index (χ0v) is 24.6. The Morgan fingerprint density at radius 2 is 1.82 bits per heavy atom. The van der Waals surface area contributed by atoms with Crippen LogP contribution in [0.4, 0.5) is 4.79 Å². The van der Waals surface area contributed by atoms with Gasteiger partial charge in [-0.05, 0) is 64.5 Å². The van der Waals surface area contributed by atoms with Crippen molar-refractivity contribution in [2.24, 2.45) is 0 Å². The van der Waals surface area contributed by atoms with Crippen LogP contribution in [-0.4, -0.2) is 64.2 Å². The molecule has 38 heavy (non-hydrogen) atoms. The van der Waals surface area contributed by atoms with E-state index in [4.69, 9.17) is 4.74 Å². The number of phenolic OH excluding ortho intramolecular Hbond substituents is 1. The highest BCUT2D eigenvalue weighted by molar-refractivity contribution is 7.98. The lowest BCUT2D eigenvalue weighted by Crippen LogP contribution is -2.54. The van der Waals surface area contributed by atoms with Crippen molar-refractivity contribution >= 4 is 29.7 Å². The van der Waals surface area contributed by atoms with Gasteiger partial charge in [-0.2, -0.15) is 11.8 Å². The molecule has 2 rings (SSSR count). The van der Waals surface area contributed by atoms with Crippen molar-refractivity contribution in [1.82, 2.24) is 15.5 Å². The fourth-order valence-corrected chi connectivity index (χ4v) is 5.21. The summed E-state index contributed by atoms with van der Waals surface area (Å²) in [5, 5.41) is 16.7. The molecule has 3 N–H and O–H groups in total. The summed E-state index contributed by atoms with van der Waals surface area (Å²) in [5.74, 6) is -0.0487. The van der Waals surface area contributed by atoms with E-state index in [-0.39, 0.29) is 23.6 Å². The van der Waals surface area contributed by atoms with Crippen LogP contribution in [-0.2, 0) is 14.3 Å². The van der Waals surface area contributed by atoms with Crippen LogP contribution in [0, 0.1) is 0 Å². The molecule has 3 amide bonds. The molecule has 0 aromatic heterocycles. The average Bonchev–Trinajstić information content (AvgIpc) is 2.86. The first-order valence-corrected chi connectivity index (χ1v) is 15.3. The minimum atomic E-state index is -1.01. The van der Waals surface area contributed by atoms with Crippen LogP contribution in [0.1, 0.15) is 97.1 Å². The van der Waals surface area contributed by atoms with Crippen molar-refractivity contribution in [3.05, 3.63) is 29.8 Å². The molecule has 2 unspecified atom stereocenters. The Morgan fingerprint density at radius 3 is 2.42 bits per heavy atom. The Hall–Kier alpha value is -2.42. The molecule has 1 aromatic rings. The fourth-order valence-electron chi connectivity index (χ4n) is 4.74. The minimum Gasteiger partial charge on any atom is -0.508 e. The second-order valence-corrected chi connectivity index (χ2v) is 12.0. The number of alkyl carbamates (subject to hydrolysis) is 1. The van der Waals surface area contributed by atoms with Gasteiger partial charge in [0.25, 0.3) is 0 Å². The third kappa shape index (κ3) is 10.4. The summed E-state index contributed by atoms with van der Waals surface area (Å²) in [4.78, 5) is 42.2. The largest absolute Gasteiger partial charge is 0.508 e. The summed E-state index contributed by atoms with van der Waals surface area (Å²) in [7, 11) is 0. The molecule has 214 valence electrons. The van der Waals surface area contributed by atoms with Gasteiger partial charge in [0.1, 0.15) is 23.4 Å². The van der Waals surface area contributed by atoms with E-state index in [0.29, 0.717) is 30.7 Å². The Labute approximate surface area is 232 Å². The summed E-state index contributed by atoms with van der Waals surface area (Å²) >= 11 is 1.58. The van der Waals surface area contributed by atoms with E-state index in [0.717, 1.165) is 44.9 Å². The second-order valence-electron chi connectivity index (χ2n) is 11.0. The zero-order valence-electron chi connectivity index (χ0n) is 23.8. The monoisotopic (exact) mass is 549 g/mol. The van der Waals surface area contributed by atoms with Gasteiger partial charge in [-0.25, -0.2) is 4.79 Å². The minimum absolute atomic E-state index is 0.0367. The fraction of sp³-hybridized carbons (Fsp3) is 0.690.